The highest BCUT2D eigenvalue weighted by Gasteiger charge is 2.17. The number of phenols is 1. The van der Waals surface area contributed by atoms with Gasteiger partial charge < -0.3 is 5.11 Å². The Labute approximate surface area is 164 Å². The third-order valence-electron chi connectivity index (χ3n) is 4.24. The van der Waals surface area contributed by atoms with Crippen LogP contribution in [0.15, 0.2) is 54.9 Å². The lowest BCUT2D eigenvalue weighted by molar-refractivity contribution is 0.103. The molecule has 0 aliphatic rings. The van der Waals surface area contributed by atoms with Crippen molar-refractivity contribution in [2.75, 3.05) is 0 Å². The molecule has 0 radical (unpaired) electrons. The number of carbonyl (C=O) groups excluding carboxylic acids is 1. The lowest BCUT2D eigenvalue weighted by atomic mass is 10.0. The predicted octanol–water partition coefficient (Wildman–Crippen LogP) is 4.95. The number of ketones is 1. The number of hydrogen-bond acceptors (Lipinski definition) is 4. The van der Waals surface area contributed by atoms with Crippen molar-refractivity contribution < 1.29 is 9.90 Å². The number of phenolic OH excluding ortho intramolecular Hbond substituents is 1. The van der Waals surface area contributed by atoms with Gasteiger partial charge in [-0.1, -0.05) is 35.3 Å². The molecule has 0 saturated heterocycles. The molecular weight excluding hydrogens is 385 g/mol. The van der Waals surface area contributed by atoms with Crippen LogP contribution in [0.5, 0.6) is 5.75 Å². The third kappa shape index (κ3) is 3.27. The molecule has 0 spiro atoms. The Morgan fingerprint density at radius 2 is 1.85 bits per heavy atom. The fourth-order valence-corrected chi connectivity index (χ4v) is 3.05. The standard InChI is InChI=1S/C20H13Cl2N3O2/c1-11-6-18(26)15(7-16(11)22)20(27)13-9-23-19-8-17(24-25(19)10-13)12-2-4-14(21)5-3-12/h2-10,26H,1H3. The van der Waals surface area contributed by atoms with E-state index in [0.717, 1.165) is 5.56 Å². The summed E-state index contributed by atoms with van der Waals surface area (Å²) < 4.78 is 1.53. The molecule has 0 bridgehead atoms. The SMILES string of the molecule is Cc1cc(O)c(C(=O)c2cnc3cc(-c4ccc(Cl)cc4)nn3c2)cc1Cl. The van der Waals surface area contributed by atoms with Crippen LogP contribution in [-0.2, 0) is 0 Å². The van der Waals surface area contributed by atoms with E-state index in [0.29, 0.717) is 32.5 Å². The van der Waals surface area contributed by atoms with Gasteiger partial charge in [0.2, 0.25) is 0 Å². The van der Waals surface area contributed by atoms with Gasteiger partial charge >= 0.3 is 0 Å². The molecule has 2 aromatic carbocycles. The van der Waals surface area contributed by atoms with Gasteiger partial charge in [-0.3, -0.25) is 4.79 Å². The summed E-state index contributed by atoms with van der Waals surface area (Å²) in [5.41, 5.74) is 3.31. The zero-order valence-electron chi connectivity index (χ0n) is 14.1. The second-order valence-electron chi connectivity index (χ2n) is 6.13. The Bertz CT molecular complexity index is 1180. The summed E-state index contributed by atoms with van der Waals surface area (Å²) in [5.74, 6) is -0.503. The van der Waals surface area contributed by atoms with Gasteiger partial charge in [-0.2, -0.15) is 5.10 Å². The molecule has 0 aliphatic heterocycles. The first-order valence-electron chi connectivity index (χ1n) is 8.07. The second-order valence-corrected chi connectivity index (χ2v) is 6.97. The highest BCUT2D eigenvalue weighted by molar-refractivity contribution is 6.32. The number of hydrogen-bond donors (Lipinski definition) is 1. The molecule has 4 rings (SSSR count). The van der Waals surface area contributed by atoms with Crippen molar-refractivity contribution in [1.29, 1.82) is 0 Å². The van der Waals surface area contributed by atoms with Crippen molar-refractivity contribution >= 4 is 34.6 Å². The van der Waals surface area contributed by atoms with E-state index in [1.807, 2.05) is 18.2 Å². The van der Waals surface area contributed by atoms with E-state index in [1.54, 1.807) is 25.3 Å². The van der Waals surface area contributed by atoms with Crippen molar-refractivity contribution in [3.63, 3.8) is 0 Å². The minimum atomic E-state index is -0.382. The Kier molecular flexibility index (Phi) is 4.34. The van der Waals surface area contributed by atoms with Crippen LogP contribution in [0.1, 0.15) is 21.5 Å². The van der Waals surface area contributed by atoms with Crippen LogP contribution in [0, 0.1) is 6.92 Å². The maximum atomic E-state index is 12.8. The largest absolute Gasteiger partial charge is 0.507 e. The number of rotatable bonds is 3. The Balaban J connectivity index is 1.74. The average Bonchev–Trinajstić information content (AvgIpc) is 3.08. The highest BCUT2D eigenvalue weighted by atomic mass is 35.5. The summed E-state index contributed by atoms with van der Waals surface area (Å²) in [6, 6.07) is 12.0. The smallest absolute Gasteiger partial charge is 0.199 e. The number of aromatic hydroxyl groups is 1. The second kappa shape index (κ2) is 6.68. The summed E-state index contributed by atoms with van der Waals surface area (Å²) in [6.45, 7) is 1.76. The highest BCUT2D eigenvalue weighted by Crippen LogP contribution is 2.28. The van der Waals surface area contributed by atoms with Crippen molar-refractivity contribution in [1.82, 2.24) is 14.6 Å². The van der Waals surface area contributed by atoms with E-state index in [1.165, 1.54) is 22.8 Å². The van der Waals surface area contributed by atoms with E-state index in [9.17, 15) is 9.90 Å². The molecule has 1 N–H and O–H groups in total. The number of benzene rings is 2. The van der Waals surface area contributed by atoms with Crippen LogP contribution in [0.2, 0.25) is 10.0 Å². The molecule has 2 aromatic heterocycles. The monoisotopic (exact) mass is 397 g/mol. The molecule has 0 unspecified atom stereocenters. The van der Waals surface area contributed by atoms with Gasteiger partial charge in [0.1, 0.15) is 5.75 Å². The van der Waals surface area contributed by atoms with Gasteiger partial charge in [0.05, 0.1) is 16.8 Å². The molecule has 0 fully saturated rings. The molecular formula is C20H13Cl2N3O2. The zero-order chi connectivity index (χ0) is 19.1. The molecule has 0 aliphatic carbocycles. The molecule has 134 valence electrons. The van der Waals surface area contributed by atoms with Crippen LogP contribution < -0.4 is 0 Å². The number of aryl methyl sites for hydroxylation is 1. The minimum Gasteiger partial charge on any atom is -0.507 e. The van der Waals surface area contributed by atoms with Gasteiger partial charge in [-0.05, 0) is 36.8 Å². The first-order chi connectivity index (χ1) is 12.9. The lowest BCUT2D eigenvalue weighted by Crippen LogP contribution is -2.05. The number of halogens is 2. The molecule has 7 heteroatoms. The fourth-order valence-electron chi connectivity index (χ4n) is 2.76. The van der Waals surface area contributed by atoms with E-state index >= 15 is 0 Å². The Morgan fingerprint density at radius 3 is 2.59 bits per heavy atom. The van der Waals surface area contributed by atoms with E-state index in [2.05, 4.69) is 10.1 Å². The van der Waals surface area contributed by atoms with E-state index < -0.39 is 0 Å². The fraction of sp³-hybridized carbons (Fsp3) is 0.0500. The summed E-state index contributed by atoms with van der Waals surface area (Å²) in [6.07, 6.45) is 3.04. The van der Waals surface area contributed by atoms with E-state index in [4.69, 9.17) is 23.2 Å². The van der Waals surface area contributed by atoms with Crippen LogP contribution in [0.25, 0.3) is 16.9 Å². The molecule has 5 nitrogen and oxygen atoms in total. The molecule has 0 atom stereocenters. The number of fused-ring (bicyclic) bond motifs is 1. The van der Waals surface area contributed by atoms with Crippen LogP contribution in [0.4, 0.5) is 0 Å². The lowest BCUT2D eigenvalue weighted by Gasteiger charge is -2.07. The van der Waals surface area contributed by atoms with Gasteiger partial charge in [-0.25, -0.2) is 9.50 Å². The maximum Gasteiger partial charge on any atom is 0.199 e. The van der Waals surface area contributed by atoms with Gasteiger partial charge in [0.15, 0.2) is 11.4 Å². The summed E-state index contributed by atoms with van der Waals surface area (Å²) >= 11 is 12.0. The number of carbonyl (C=O) groups is 1. The topological polar surface area (TPSA) is 67.5 Å². The number of nitrogens with zero attached hydrogens (tertiary/aromatic N) is 3. The van der Waals surface area contributed by atoms with Crippen LogP contribution in [-0.4, -0.2) is 25.5 Å². The van der Waals surface area contributed by atoms with Gasteiger partial charge in [0, 0.05) is 34.1 Å². The normalized spacial score (nSPS) is 11.1. The van der Waals surface area contributed by atoms with Crippen LogP contribution >= 0.6 is 23.2 Å². The summed E-state index contributed by atoms with van der Waals surface area (Å²) in [7, 11) is 0. The van der Waals surface area contributed by atoms with Gasteiger partial charge in [-0.15, -0.1) is 0 Å². The average molecular weight is 398 g/mol. The third-order valence-corrected chi connectivity index (χ3v) is 4.90. The summed E-state index contributed by atoms with van der Waals surface area (Å²) in [4.78, 5) is 17.1. The Morgan fingerprint density at radius 1 is 1.11 bits per heavy atom. The minimum absolute atomic E-state index is 0.121. The Hall–Kier alpha value is -2.89. The van der Waals surface area contributed by atoms with Crippen molar-refractivity contribution in [3.05, 3.63) is 81.6 Å². The zero-order valence-corrected chi connectivity index (χ0v) is 15.7. The predicted molar refractivity (Wildman–Crippen MR) is 105 cm³/mol. The molecule has 0 amide bonds. The maximum absolute atomic E-state index is 12.8. The van der Waals surface area contributed by atoms with Crippen LogP contribution in [0.3, 0.4) is 0 Å². The van der Waals surface area contributed by atoms with Crippen molar-refractivity contribution in [3.8, 4) is 17.0 Å². The quantitative estimate of drug-likeness (QED) is 0.496. The molecule has 4 aromatic rings. The molecule has 27 heavy (non-hydrogen) atoms. The first-order valence-corrected chi connectivity index (χ1v) is 8.83. The molecule has 2 heterocycles. The van der Waals surface area contributed by atoms with Crippen molar-refractivity contribution in [2.24, 2.45) is 0 Å². The summed E-state index contributed by atoms with van der Waals surface area (Å²) in [5, 5.41) is 15.6. The van der Waals surface area contributed by atoms with Crippen molar-refractivity contribution in [2.45, 2.75) is 6.92 Å². The number of aromatic nitrogens is 3. The molecule has 0 saturated carbocycles. The first kappa shape index (κ1) is 17.5. The van der Waals surface area contributed by atoms with E-state index in [-0.39, 0.29) is 17.1 Å². The van der Waals surface area contributed by atoms with Gasteiger partial charge in [0.25, 0.3) is 0 Å².